The van der Waals surface area contributed by atoms with E-state index in [1.54, 1.807) is 18.2 Å². The summed E-state index contributed by atoms with van der Waals surface area (Å²) in [5, 5.41) is 14.6. The molecule has 0 amide bonds. The molecule has 1 aromatic heterocycles. The van der Waals surface area contributed by atoms with Crippen LogP contribution in [0.4, 0.5) is 14.5 Å². The number of para-hydroxylation sites is 2. The van der Waals surface area contributed by atoms with E-state index < -0.39 is 6.61 Å². The standard InChI is InChI=1S/C19H13F2N3OS/c20-19(21)25-17-9-5-4-8-15(17)23-11-14(10-22)18-24-16(12-26-18)13-6-2-1-3-7-13/h1-9,11-12,19,23H. The molecule has 0 saturated heterocycles. The largest absolute Gasteiger partial charge is 0.433 e. The van der Waals surface area contributed by atoms with Gasteiger partial charge in [0.2, 0.25) is 0 Å². The number of halogens is 2. The van der Waals surface area contributed by atoms with Gasteiger partial charge >= 0.3 is 6.61 Å². The van der Waals surface area contributed by atoms with Crippen molar-refractivity contribution in [3.8, 4) is 23.1 Å². The molecule has 0 bridgehead atoms. The van der Waals surface area contributed by atoms with E-state index in [0.717, 1.165) is 11.3 Å². The molecule has 130 valence electrons. The highest BCUT2D eigenvalue weighted by molar-refractivity contribution is 7.11. The minimum atomic E-state index is -2.93. The number of anilines is 1. The highest BCUT2D eigenvalue weighted by Crippen LogP contribution is 2.28. The lowest BCUT2D eigenvalue weighted by atomic mass is 10.2. The number of thiazole rings is 1. The number of alkyl halides is 2. The molecule has 0 aliphatic heterocycles. The molecule has 0 spiro atoms. The van der Waals surface area contributed by atoms with Crippen molar-refractivity contribution in [1.29, 1.82) is 5.26 Å². The van der Waals surface area contributed by atoms with Gasteiger partial charge in [-0.15, -0.1) is 11.3 Å². The summed E-state index contributed by atoms with van der Waals surface area (Å²) in [7, 11) is 0. The first-order chi connectivity index (χ1) is 12.7. The van der Waals surface area contributed by atoms with Crippen molar-refractivity contribution in [2.24, 2.45) is 0 Å². The van der Waals surface area contributed by atoms with Crippen LogP contribution in [0.15, 0.2) is 66.2 Å². The van der Waals surface area contributed by atoms with Crippen molar-refractivity contribution < 1.29 is 13.5 Å². The van der Waals surface area contributed by atoms with E-state index in [-0.39, 0.29) is 5.75 Å². The zero-order valence-corrected chi connectivity index (χ0v) is 14.2. The van der Waals surface area contributed by atoms with Gasteiger partial charge in [0, 0.05) is 17.1 Å². The van der Waals surface area contributed by atoms with Crippen molar-refractivity contribution in [1.82, 2.24) is 4.98 Å². The average molecular weight is 369 g/mol. The molecule has 0 saturated carbocycles. The summed E-state index contributed by atoms with van der Waals surface area (Å²) in [5.74, 6) is 0.000142. The first-order valence-corrected chi connectivity index (χ1v) is 8.47. The van der Waals surface area contributed by atoms with Gasteiger partial charge in [-0.2, -0.15) is 14.0 Å². The van der Waals surface area contributed by atoms with Crippen LogP contribution in [0, 0.1) is 11.3 Å². The number of aromatic nitrogens is 1. The van der Waals surface area contributed by atoms with E-state index in [1.165, 1.54) is 23.6 Å². The quantitative estimate of drug-likeness (QED) is 0.592. The van der Waals surface area contributed by atoms with Crippen molar-refractivity contribution in [2.75, 3.05) is 5.32 Å². The van der Waals surface area contributed by atoms with Crippen molar-refractivity contribution >= 4 is 22.6 Å². The highest BCUT2D eigenvalue weighted by atomic mass is 32.1. The Balaban J connectivity index is 1.82. The van der Waals surface area contributed by atoms with Crippen LogP contribution in [0.1, 0.15) is 5.01 Å². The number of nitriles is 1. The fourth-order valence-electron chi connectivity index (χ4n) is 2.22. The lowest BCUT2D eigenvalue weighted by Gasteiger charge is -2.10. The minimum absolute atomic E-state index is 0.000142. The first kappa shape index (κ1) is 17.6. The number of allylic oxidation sites excluding steroid dienone is 1. The number of nitrogens with one attached hydrogen (secondary N) is 1. The lowest BCUT2D eigenvalue weighted by Crippen LogP contribution is -2.04. The second kappa shape index (κ2) is 8.23. The van der Waals surface area contributed by atoms with Crippen molar-refractivity contribution in [3.05, 3.63) is 71.2 Å². The number of hydrogen-bond acceptors (Lipinski definition) is 5. The Hall–Kier alpha value is -3.24. The van der Waals surface area contributed by atoms with Gasteiger partial charge in [0.1, 0.15) is 22.4 Å². The minimum Gasteiger partial charge on any atom is -0.433 e. The van der Waals surface area contributed by atoms with Crippen LogP contribution < -0.4 is 10.1 Å². The second-order valence-corrected chi connectivity index (χ2v) is 5.95. The Morgan fingerprint density at radius 1 is 1.15 bits per heavy atom. The number of ether oxygens (including phenoxy) is 1. The summed E-state index contributed by atoms with van der Waals surface area (Å²) in [6.45, 7) is -2.93. The van der Waals surface area contributed by atoms with Crippen molar-refractivity contribution in [3.63, 3.8) is 0 Å². The summed E-state index contributed by atoms with van der Waals surface area (Å²) in [5.41, 5.74) is 2.36. The predicted octanol–water partition coefficient (Wildman–Crippen LogP) is 5.39. The first-order valence-electron chi connectivity index (χ1n) is 7.59. The van der Waals surface area contributed by atoms with Gasteiger partial charge in [0.15, 0.2) is 0 Å². The molecule has 1 N–H and O–H groups in total. The molecule has 0 radical (unpaired) electrons. The van der Waals surface area contributed by atoms with Gasteiger partial charge in [-0.25, -0.2) is 4.98 Å². The number of hydrogen-bond donors (Lipinski definition) is 1. The molecule has 3 aromatic rings. The molecule has 4 nitrogen and oxygen atoms in total. The molecule has 0 atom stereocenters. The average Bonchev–Trinajstić information content (AvgIpc) is 3.14. The fourth-order valence-corrected chi connectivity index (χ4v) is 3.01. The molecule has 0 aliphatic carbocycles. The maximum atomic E-state index is 12.5. The SMILES string of the molecule is N#CC(=CNc1ccccc1OC(F)F)c1nc(-c2ccccc2)cs1. The number of nitrogens with zero attached hydrogens (tertiary/aromatic N) is 2. The van der Waals surface area contributed by atoms with Crippen LogP contribution in [0.3, 0.4) is 0 Å². The van der Waals surface area contributed by atoms with Crippen molar-refractivity contribution in [2.45, 2.75) is 6.61 Å². The van der Waals surface area contributed by atoms with Crippen LogP contribution in [-0.4, -0.2) is 11.6 Å². The molecule has 0 unspecified atom stereocenters. The van der Waals surface area contributed by atoms with Gasteiger partial charge in [-0.05, 0) is 12.1 Å². The van der Waals surface area contributed by atoms with Gasteiger partial charge in [0.25, 0.3) is 0 Å². The Kier molecular flexibility index (Phi) is 5.56. The normalized spacial score (nSPS) is 11.2. The zero-order chi connectivity index (χ0) is 18.4. The summed E-state index contributed by atoms with van der Waals surface area (Å²) < 4.78 is 29.4. The molecule has 0 fully saturated rings. The number of benzene rings is 2. The summed E-state index contributed by atoms with van der Waals surface area (Å²) >= 11 is 1.33. The topological polar surface area (TPSA) is 57.9 Å². The third kappa shape index (κ3) is 4.23. The van der Waals surface area contributed by atoms with Gasteiger partial charge < -0.3 is 10.1 Å². The van der Waals surface area contributed by atoms with Crippen LogP contribution in [0.25, 0.3) is 16.8 Å². The van der Waals surface area contributed by atoms with Crippen LogP contribution in [-0.2, 0) is 0 Å². The molecule has 7 heteroatoms. The monoisotopic (exact) mass is 369 g/mol. The second-order valence-electron chi connectivity index (χ2n) is 5.09. The van der Waals surface area contributed by atoms with E-state index in [2.05, 4.69) is 21.1 Å². The van der Waals surface area contributed by atoms with Gasteiger partial charge in [-0.1, -0.05) is 42.5 Å². The maximum absolute atomic E-state index is 12.5. The Labute approximate surface area is 153 Å². The molecule has 3 rings (SSSR count). The lowest BCUT2D eigenvalue weighted by molar-refractivity contribution is -0.0493. The van der Waals surface area contributed by atoms with E-state index in [9.17, 15) is 14.0 Å². The Morgan fingerprint density at radius 2 is 1.88 bits per heavy atom. The molecule has 0 aliphatic rings. The smallest absolute Gasteiger partial charge is 0.387 e. The van der Waals surface area contributed by atoms with E-state index in [0.29, 0.717) is 16.3 Å². The predicted molar refractivity (Wildman–Crippen MR) is 97.8 cm³/mol. The highest BCUT2D eigenvalue weighted by Gasteiger charge is 2.11. The zero-order valence-electron chi connectivity index (χ0n) is 13.4. The van der Waals surface area contributed by atoms with E-state index >= 15 is 0 Å². The third-order valence-corrected chi connectivity index (χ3v) is 4.28. The maximum Gasteiger partial charge on any atom is 0.387 e. The van der Waals surface area contributed by atoms with Crippen LogP contribution >= 0.6 is 11.3 Å². The summed E-state index contributed by atoms with van der Waals surface area (Å²) in [4.78, 5) is 4.47. The summed E-state index contributed by atoms with van der Waals surface area (Å²) in [6, 6.07) is 18.0. The van der Waals surface area contributed by atoms with E-state index in [4.69, 9.17) is 0 Å². The molecular formula is C19H13F2N3OS. The molecule has 1 heterocycles. The Bertz CT molecular complexity index is 949. The molecule has 26 heavy (non-hydrogen) atoms. The summed E-state index contributed by atoms with van der Waals surface area (Å²) in [6.07, 6.45) is 1.43. The van der Waals surface area contributed by atoms with Gasteiger partial charge in [-0.3, -0.25) is 0 Å². The van der Waals surface area contributed by atoms with Crippen LogP contribution in [0.5, 0.6) is 5.75 Å². The molecular weight excluding hydrogens is 356 g/mol. The fraction of sp³-hybridized carbons (Fsp3) is 0.0526. The van der Waals surface area contributed by atoms with Gasteiger partial charge in [0.05, 0.1) is 11.4 Å². The number of rotatable bonds is 6. The third-order valence-electron chi connectivity index (χ3n) is 3.40. The Morgan fingerprint density at radius 3 is 2.62 bits per heavy atom. The molecule has 2 aromatic carbocycles. The van der Waals surface area contributed by atoms with E-state index in [1.807, 2.05) is 35.7 Å². The van der Waals surface area contributed by atoms with Crippen LogP contribution in [0.2, 0.25) is 0 Å².